The van der Waals surface area contributed by atoms with E-state index >= 15 is 0 Å². The lowest BCUT2D eigenvalue weighted by Crippen LogP contribution is -2.39. The van der Waals surface area contributed by atoms with Crippen molar-refractivity contribution in [1.29, 1.82) is 0 Å². The first kappa shape index (κ1) is 17.9. The van der Waals surface area contributed by atoms with Crippen LogP contribution in [0.2, 0.25) is 5.02 Å². The van der Waals surface area contributed by atoms with Crippen molar-refractivity contribution < 1.29 is 8.42 Å². The number of halogens is 1. The molecule has 1 saturated heterocycles. The number of nitrogens with one attached hydrogen (secondary N) is 1. The zero-order valence-corrected chi connectivity index (χ0v) is 15.7. The summed E-state index contributed by atoms with van der Waals surface area (Å²) in [5.74, 6) is 0.659. The Hall–Kier alpha value is -0.920. The summed E-state index contributed by atoms with van der Waals surface area (Å²) in [5, 5.41) is 2.66. The third-order valence-electron chi connectivity index (χ3n) is 4.38. The fourth-order valence-electron chi connectivity index (χ4n) is 3.00. The molecule has 1 N–H and O–H groups in total. The van der Waals surface area contributed by atoms with Gasteiger partial charge in [-0.25, -0.2) is 13.1 Å². The van der Waals surface area contributed by atoms with Gasteiger partial charge in [-0.05, 0) is 67.6 Å². The van der Waals surface area contributed by atoms with E-state index in [9.17, 15) is 8.42 Å². The topological polar surface area (TPSA) is 49.4 Å². The number of benzene rings is 1. The number of likely N-dealkylation sites (tertiary alicyclic amines) is 1. The molecule has 2 aromatic rings. The Morgan fingerprint density at radius 1 is 1.17 bits per heavy atom. The van der Waals surface area contributed by atoms with E-state index < -0.39 is 10.0 Å². The fraction of sp³-hybridized carbons (Fsp3) is 0.412. The normalized spacial score (nSPS) is 17.2. The van der Waals surface area contributed by atoms with Crippen molar-refractivity contribution in [1.82, 2.24) is 9.62 Å². The molecule has 0 unspecified atom stereocenters. The molecule has 0 aliphatic carbocycles. The predicted molar refractivity (Wildman–Crippen MR) is 99.4 cm³/mol. The molecule has 1 aromatic heterocycles. The van der Waals surface area contributed by atoms with Crippen LogP contribution in [0, 0.1) is 0 Å². The second-order valence-electron chi connectivity index (χ2n) is 5.98. The van der Waals surface area contributed by atoms with Crippen LogP contribution in [0.1, 0.15) is 23.6 Å². The minimum atomic E-state index is -3.46. The van der Waals surface area contributed by atoms with Gasteiger partial charge in [-0.3, -0.25) is 0 Å². The lowest BCUT2D eigenvalue weighted by molar-refractivity contribution is 0.217. The Morgan fingerprint density at radius 3 is 2.50 bits per heavy atom. The van der Waals surface area contributed by atoms with Gasteiger partial charge in [0.15, 0.2) is 0 Å². The quantitative estimate of drug-likeness (QED) is 0.828. The molecular weight excluding hydrogens is 364 g/mol. The molecule has 0 atom stereocenters. The highest BCUT2D eigenvalue weighted by Gasteiger charge is 2.21. The van der Waals surface area contributed by atoms with Gasteiger partial charge in [-0.1, -0.05) is 17.7 Å². The van der Waals surface area contributed by atoms with Gasteiger partial charge in [0.05, 0.1) is 4.90 Å². The molecule has 1 fully saturated rings. The summed E-state index contributed by atoms with van der Waals surface area (Å²) in [6, 6.07) is 10.6. The van der Waals surface area contributed by atoms with Gasteiger partial charge in [-0.15, -0.1) is 11.3 Å². The third-order valence-corrected chi connectivity index (χ3v) is 7.14. The van der Waals surface area contributed by atoms with Crippen molar-refractivity contribution >= 4 is 33.0 Å². The van der Waals surface area contributed by atoms with Crippen molar-refractivity contribution in [3.63, 3.8) is 0 Å². The SMILES string of the molecule is O=S(=O)(NCCN1CCC(c2cccs2)CC1)c1ccc(Cl)cc1. The average Bonchev–Trinajstić information content (AvgIpc) is 3.10. The van der Waals surface area contributed by atoms with E-state index in [0.29, 0.717) is 17.5 Å². The number of piperidine rings is 1. The van der Waals surface area contributed by atoms with Crippen LogP contribution in [0.5, 0.6) is 0 Å². The van der Waals surface area contributed by atoms with Gasteiger partial charge in [0.25, 0.3) is 0 Å². The molecule has 4 nitrogen and oxygen atoms in total. The molecular formula is C17H21ClN2O2S2. The van der Waals surface area contributed by atoms with E-state index in [1.807, 2.05) is 11.3 Å². The Balaban J connectivity index is 1.44. The first-order valence-electron chi connectivity index (χ1n) is 8.05. The Labute approximate surface area is 152 Å². The van der Waals surface area contributed by atoms with E-state index in [1.165, 1.54) is 17.0 Å². The van der Waals surface area contributed by atoms with Crippen molar-refractivity contribution in [2.24, 2.45) is 0 Å². The molecule has 0 spiro atoms. The van der Waals surface area contributed by atoms with Crippen molar-refractivity contribution in [2.75, 3.05) is 26.2 Å². The summed E-state index contributed by atoms with van der Waals surface area (Å²) in [5.41, 5.74) is 0. The molecule has 130 valence electrons. The number of rotatable bonds is 6. The van der Waals surface area contributed by atoms with Crippen LogP contribution in [0.25, 0.3) is 0 Å². The van der Waals surface area contributed by atoms with Gasteiger partial charge >= 0.3 is 0 Å². The summed E-state index contributed by atoms with van der Waals surface area (Å²) < 4.78 is 27.1. The minimum absolute atomic E-state index is 0.253. The average molecular weight is 385 g/mol. The zero-order chi connectivity index (χ0) is 17.0. The number of hydrogen-bond donors (Lipinski definition) is 1. The lowest BCUT2D eigenvalue weighted by Gasteiger charge is -2.31. The molecule has 24 heavy (non-hydrogen) atoms. The second kappa shape index (κ2) is 7.97. The second-order valence-corrected chi connectivity index (χ2v) is 9.17. The molecule has 0 saturated carbocycles. The van der Waals surface area contributed by atoms with Gasteiger partial charge in [0, 0.05) is 23.0 Å². The predicted octanol–water partition coefficient (Wildman–Crippen LogP) is 3.56. The maximum absolute atomic E-state index is 12.2. The maximum atomic E-state index is 12.2. The fourth-order valence-corrected chi connectivity index (χ4v) is 5.05. The van der Waals surface area contributed by atoms with Gasteiger partial charge in [0.2, 0.25) is 10.0 Å². The summed E-state index contributed by atoms with van der Waals surface area (Å²) in [6.07, 6.45) is 2.29. The number of thiophene rings is 1. The first-order valence-corrected chi connectivity index (χ1v) is 10.8. The Kier molecular flexibility index (Phi) is 5.94. The zero-order valence-electron chi connectivity index (χ0n) is 13.3. The van der Waals surface area contributed by atoms with E-state index in [0.717, 1.165) is 32.5 Å². The monoisotopic (exact) mass is 384 g/mol. The van der Waals surface area contributed by atoms with Gasteiger partial charge in [0.1, 0.15) is 0 Å². The number of nitrogens with zero attached hydrogens (tertiary/aromatic N) is 1. The van der Waals surface area contributed by atoms with Crippen LogP contribution < -0.4 is 4.72 Å². The first-order chi connectivity index (χ1) is 11.5. The van der Waals surface area contributed by atoms with Crippen molar-refractivity contribution in [2.45, 2.75) is 23.7 Å². The van der Waals surface area contributed by atoms with Crippen LogP contribution in [-0.2, 0) is 10.0 Å². The molecule has 3 rings (SSSR count). The summed E-state index contributed by atoms with van der Waals surface area (Å²) in [4.78, 5) is 4.05. The molecule has 2 heterocycles. The molecule has 1 aromatic carbocycles. The smallest absolute Gasteiger partial charge is 0.240 e. The van der Waals surface area contributed by atoms with Gasteiger partial charge in [-0.2, -0.15) is 0 Å². The molecule has 1 aliphatic rings. The summed E-state index contributed by atoms with van der Waals surface area (Å²) in [6.45, 7) is 3.20. The van der Waals surface area contributed by atoms with E-state index in [-0.39, 0.29) is 4.90 Å². The molecule has 0 amide bonds. The lowest BCUT2D eigenvalue weighted by atomic mass is 9.95. The number of hydrogen-bond acceptors (Lipinski definition) is 4. The van der Waals surface area contributed by atoms with E-state index in [1.54, 1.807) is 12.1 Å². The number of sulfonamides is 1. The molecule has 0 radical (unpaired) electrons. The maximum Gasteiger partial charge on any atom is 0.240 e. The highest BCUT2D eigenvalue weighted by Crippen LogP contribution is 2.30. The van der Waals surface area contributed by atoms with Crippen LogP contribution in [0.4, 0.5) is 0 Å². The molecule has 1 aliphatic heterocycles. The van der Waals surface area contributed by atoms with Crippen LogP contribution in [0.3, 0.4) is 0 Å². The standard InChI is InChI=1S/C17H21ClN2O2S2/c18-15-3-5-16(6-4-15)24(21,22)19-9-12-20-10-7-14(8-11-20)17-2-1-13-23-17/h1-6,13-14,19H,7-12H2. The Bertz CT molecular complexity index is 737. The summed E-state index contributed by atoms with van der Waals surface area (Å²) in [7, 11) is -3.46. The highest BCUT2D eigenvalue weighted by atomic mass is 35.5. The van der Waals surface area contributed by atoms with Crippen LogP contribution in [0.15, 0.2) is 46.7 Å². The molecule has 7 heteroatoms. The third kappa shape index (κ3) is 4.58. The largest absolute Gasteiger partial charge is 0.302 e. The molecule has 0 bridgehead atoms. The Morgan fingerprint density at radius 2 is 1.88 bits per heavy atom. The van der Waals surface area contributed by atoms with E-state index in [4.69, 9.17) is 11.6 Å². The van der Waals surface area contributed by atoms with Crippen molar-refractivity contribution in [3.8, 4) is 0 Å². The van der Waals surface area contributed by atoms with Crippen molar-refractivity contribution in [3.05, 3.63) is 51.7 Å². The minimum Gasteiger partial charge on any atom is -0.302 e. The highest BCUT2D eigenvalue weighted by molar-refractivity contribution is 7.89. The van der Waals surface area contributed by atoms with Crippen LogP contribution in [-0.4, -0.2) is 39.5 Å². The van der Waals surface area contributed by atoms with Gasteiger partial charge < -0.3 is 4.90 Å². The van der Waals surface area contributed by atoms with E-state index in [2.05, 4.69) is 27.1 Å². The summed E-state index contributed by atoms with van der Waals surface area (Å²) >= 11 is 7.63. The van der Waals surface area contributed by atoms with Crippen LogP contribution >= 0.6 is 22.9 Å².